The fourth-order valence-corrected chi connectivity index (χ4v) is 2.97. The Morgan fingerprint density at radius 2 is 1.75 bits per heavy atom. The van der Waals surface area contributed by atoms with Crippen LogP contribution in [0.15, 0.2) is 0 Å². The zero-order valence-corrected chi connectivity index (χ0v) is 11.3. The van der Waals surface area contributed by atoms with Gasteiger partial charge >= 0.3 is 0 Å². The number of hydrogen-bond donors (Lipinski definition) is 1. The lowest BCUT2D eigenvalue weighted by Gasteiger charge is -2.17. The van der Waals surface area contributed by atoms with Crippen LogP contribution in [-0.4, -0.2) is 11.2 Å². The molecular weight excluding hydrogens is 196 g/mol. The van der Waals surface area contributed by atoms with Crippen LogP contribution in [0.5, 0.6) is 0 Å². The molecule has 96 valence electrons. The monoisotopic (exact) mass is 226 g/mol. The SMILES string of the molecule is CCCCCCCCC(O)C1CCC(C)C1. The van der Waals surface area contributed by atoms with Gasteiger partial charge in [-0.05, 0) is 31.1 Å². The zero-order valence-electron chi connectivity index (χ0n) is 11.3. The van der Waals surface area contributed by atoms with Crippen LogP contribution in [0.25, 0.3) is 0 Å². The Labute approximate surface area is 102 Å². The van der Waals surface area contributed by atoms with Gasteiger partial charge < -0.3 is 5.11 Å². The van der Waals surface area contributed by atoms with E-state index in [2.05, 4.69) is 13.8 Å². The van der Waals surface area contributed by atoms with Crippen molar-refractivity contribution in [1.29, 1.82) is 0 Å². The maximum atomic E-state index is 10.1. The predicted octanol–water partition coefficient (Wildman–Crippen LogP) is 4.53. The normalized spacial score (nSPS) is 27.2. The molecule has 0 saturated heterocycles. The fraction of sp³-hybridized carbons (Fsp3) is 1.00. The van der Waals surface area contributed by atoms with Gasteiger partial charge in [0.15, 0.2) is 0 Å². The molecule has 16 heavy (non-hydrogen) atoms. The first-order valence-corrected chi connectivity index (χ1v) is 7.42. The van der Waals surface area contributed by atoms with Crippen molar-refractivity contribution in [2.24, 2.45) is 11.8 Å². The van der Waals surface area contributed by atoms with Gasteiger partial charge in [-0.25, -0.2) is 0 Å². The summed E-state index contributed by atoms with van der Waals surface area (Å²) in [7, 11) is 0. The lowest BCUT2D eigenvalue weighted by molar-refractivity contribution is 0.0971. The lowest BCUT2D eigenvalue weighted by Crippen LogP contribution is -2.17. The Morgan fingerprint density at radius 1 is 1.06 bits per heavy atom. The van der Waals surface area contributed by atoms with Gasteiger partial charge in [0.1, 0.15) is 0 Å². The quantitative estimate of drug-likeness (QED) is 0.603. The Bertz CT molecular complexity index is 167. The molecule has 1 rings (SSSR count). The number of unbranched alkanes of at least 4 members (excludes halogenated alkanes) is 5. The van der Waals surface area contributed by atoms with E-state index in [1.165, 1.54) is 57.8 Å². The number of hydrogen-bond acceptors (Lipinski definition) is 1. The molecule has 0 aromatic carbocycles. The minimum Gasteiger partial charge on any atom is -0.393 e. The van der Waals surface area contributed by atoms with Crippen molar-refractivity contribution >= 4 is 0 Å². The van der Waals surface area contributed by atoms with E-state index >= 15 is 0 Å². The molecular formula is C15H30O. The third kappa shape index (κ3) is 5.34. The minimum absolute atomic E-state index is 0.00359. The molecule has 1 fully saturated rings. The van der Waals surface area contributed by atoms with Crippen LogP contribution in [0.1, 0.15) is 78.1 Å². The second-order valence-electron chi connectivity index (χ2n) is 5.80. The second-order valence-corrected chi connectivity index (χ2v) is 5.80. The predicted molar refractivity (Wildman–Crippen MR) is 70.5 cm³/mol. The minimum atomic E-state index is -0.00359. The Morgan fingerprint density at radius 3 is 2.38 bits per heavy atom. The molecule has 0 bridgehead atoms. The van der Waals surface area contributed by atoms with Gasteiger partial charge in [-0.3, -0.25) is 0 Å². The topological polar surface area (TPSA) is 20.2 Å². The standard InChI is InChI=1S/C15H30O/c1-3-4-5-6-7-8-9-15(16)14-11-10-13(2)12-14/h13-16H,3-12H2,1-2H3. The van der Waals surface area contributed by atoms with E-state index in [0.29, 0.717) is 5.92 Å². The van der Waals surface area contributed by atoms with E-state index in [9.17, 15) is 5.11 Å². The molecule has 1 saturated carbocycles. The van der Waals surface area contributed by atoms with Crippen molar-refractivity contribution in [3.05, 3.63) is 0 Å². The first kappa shape index (κ1) is 14.0. The molecule has 1 nitrogen and oxygen atoms in total. The van der Waals surface area contributed by atoms with E-state index in [1.807, 2.05) is 0 Å². The van der Waals surface area contributed by atoms with E-state index in [-0.39, 0.29) is 6.10 Å². The van der Waals surface area contributed by atoms with Gasteiger partial charge in [-0.15, -0.1) is 0 Å². The van der Waals surface area contributed by atoms with Gasteiger partial charge in [-0.2, -0.15) is 0 Å². The summed E-state index contributed by atoms with van der Waals surface area (Å²) in [4.78, 5) is 0. The average Bonchev–Trinajstić information content (AvgIpc) is 2.70. The molecule has 0 aromatic heterocycles. The molecule has 3 unspecified atom stereocenters. The van der Waals surface area contributed by atoms with Crippen LogP contribution in [-0.2, 0) is 0 Å². The highest BCUT2D eigenvalue weighted by Gasteiger charge is 2.26. The average molecular weight is 226 g/mol. The summed E-state index contributed by atoms with van der Waals surface area (Å²) < 4.78 is 0. The van der Waals surface area contributed by atoms with Gasteiger partial charge in [-0.1, -0.05) is 58.8 Å². The van der Waals surface area contributed by atoms with Gasteiger partial charge in [0.05, 0.1) is 6.10 Å². The maximum absolute atomic E-state index is 10.1. The molecule has 0 spiro atoms. The first-order valence-electron chi connectivity index (χ1n) is 7.42. The van der Waals surface area contributed by atoms with E-state index in [0.717, 1.165) is 12.3 Å². The summed E-state index contributed by atoms with van der Waals surface area (Å²) in [6.07, 6.45) is 12.9. The summed E-state index contributed by atoms with van der Waals surface area (Å²) in [6, 6.07) is 0. The molecule has 1 aliphatic rings. The number of aliphatic hydroxyl groups is 1. The Kier molecular flexibility index (Phi) is 7.11. The molecule has 0 aliphatic heterocycles. The summed E-state index contributed by atoms with van der Waals surface area (Å²) in [6.45, 7) is 4.57. The summed E-state index contributed by atoms with van der Waals surface area (Å²) in [5.41, 5.74) is 0. The smallest absolute Gasteiger partial charge is 0.0568 e. The molecule has 0 heterocycles. The van der Waals surface area contributed by atoms with Gasteiger partial charge in [0, 0.05) is 0 Å². The van der Waals surface area contributed by atoms with Crippen LogP contribution in [0.4, 0.5) is 0 Å². The highest BCUT2D eigenvalue weighted by atomic mass is 16.3. The van der Waals surface area contributed by atoms with Gasteiger partial charge in [0.2, 0.25) is 0 Å². The Balaban J connectivity index is 1.96. The largest absolute Gasteiger partial charge is 0.393 e. The maximum Gasteiger partial charge on any atom is 0.0568 e. The van der Waals surface area contributed by atoms with Crippen LogP contribution >= 0.6 is 0 Å². The molecule has 0 aromatic rings. The molecule has 0 radical (unpaired) electrons. The summed E-state index contributed by atoms with van der Waals surface area (Å²) >= 11 is 0. The number of aliphatic hydroxyl groups excluding tert-OH is 1. The van der Waals surface area contributed by atoms with Gasteiger partial charge in [0.25, 0.3) is 0 Å². The van der Waals surface area contributed by atoms with Crippen LogP contribution in [0, 0.1) is 11.8 Å². The highest BCUT2D eigenvalue weighted by molar-refractivity contribution is 4.78. The highest BCUT2D eigenvalue weighted by Crippen LogP contribution is 2.34. The fourth-order valence-electron chi connectivity index (χ4n) is 2.97. The van der Waals surface area contributed by atoms with Crippen LogP contribution in [0.3, 0.4) is 0 Å². The summed E-state index contributed by atoms with van der Waals surface area (Å²) in [5, 5.41) is 10.1. The van der Waals surface area contributed by atoms with Crippen molar-refractivity contribution in [3.8, 4) is 0 Å². The first-order chi connectivity index (χ1) is 7.74. The van der Waals surface area contributed by atoms with Crippen molar-refractivity contribution in [2.75, 3.05) is 0 Å². The zero-order chi connectivity index (χ0) is 11.8. The third-order valence-corrected chi connectivity index (χ3v) is 4.13. The second kappa shape index (κ2) is 8.11. The molecule has 0 amide bonds. The van der Waals surface area contributed by atoms with Crippen molar-refractivity contribution < 1.29 is 5.11 Å². The Hall–Kier alpha value is -0.0400. The molecule has 3 atom stereocenters. The number of rotatable bonds is 8. The van der Waals surface area contributed by atoms with E-state index < -0.39 is 0 Å². The van der Waals surface area contributed by atoms with E-state index in [1.54, 1.807) is 0 Å². The molecule has 1 N–H and O–H groups in total. The van der Waals surface area contributed by atoms with Crippen LogP contribution in [0.2, 0.25) is 0 Å². The summed E-state index contributed by atoms with van der Waals surface area (Å²) in [5.74, 6) is 1.47. The lowest BCUT2D eigenvalue weighted by atomic mass is 9.95. The third-order valence-electron chi connectivity index (χ3n) is 4.13. The van der Waals surface area contributed by atoms with Crippen molar-refractivity contribution in [2.45, 2.75) is 84.2 Å². The molecule has 1 heteroatoms. The van der Waals surface area contributed by atoms with Crippen molar-refractivity contribution in [3.63, 3.8) is 0 Å². The molecule has 1 aliphatic carbocycles. The van der Waals surface area contributed by atoms with Crippen LogP contribution < -0.4 is 0 Å². The van der Waals surface area contributed by atoms with Crippen molar-refractivity contribution in [1.82, 2.24) is 0 Å². The van der Waals surface area contributed by atoms with E-state index in [4.69, 9.17) is 0 Å².